The van der Waals surface area contributed by atoms with Crippen molar-refractivity contribution in [1.29, 1.82) is 0 Å². The van der Waals surface area contributed by atoms with E-state index < -0.39 is 16.5 Å². The van der Waals surface area contributed by atoms with Crippen LogP contribution in [0.25, 0.3) is 0 Å². The first-order chi connectivity index (χ1) is 6.50. The third-order valence-electron chi connectivity index (χ3n) is 1.57. The summed E-state index contributed by atoms with van der Waals surface area (Å²) in [5, 5.41) is 0. The van der Waals surface area contributed by atoms with Crippen molar-refractivity contribution in [2.45, 2.75) is 5.75 Å². The van der Waals surface area contributed by atoms with Gasteiger partial charge in [-0.25, -0.2) is 12.8 Å². The number of thiol groups is 1. The molecule has 0 aliphatic rings. The van der Waals surface area contributed by atoms with Gasteiger partial charge in [0.1, 0.15) is 21.5 Å². The van der Waals surface area contributed by atoms with Gasteiger partial charge in [0.15, 0.2) is 0 Å². The lowest BCUT2D eigenvalue weighted by Gasteiger charge is -2.04. The Kier molecular flexibility index (Phi) is 3.54. The molecule has 0 saturated heterocycles. The first-order valence-corrected chi connectivity index (χ1v) is 5.39. The molecule has 3 nitrogen and oxygen atoms in total. The molecule has 0 unspecified atom stereocenters. The quantitative estimate of drug-likeness (QED) is 0.584. The van der Waals surface area contributed by atoms with E-state index in [9.17, 15) is 12.8 Å². The minimum atomic E-state index is -2.58. The summed E-state index contributed by atoms with van der Waals surface area (Å²) in [5.74, 6) is -0.823. The topological polar surface area (TPSA) is 60.2 Å². The van der Waals surface area contributed by atoms with Crippen molar-refractivity contribution in [3.63, 3.8) is 0 Å². The fourth-order valence-corrected chi connectivity index (χ4v) is 1.72. The largest absolute Gasteiger partial charge is 0.389 e. The van der Waals surface area contributed by atoms with Crippen LogP contribution in [0, 0.1) is 11.9 Å². The van der Waals surface area contributed by atoms with Gasteiger partial charge in [0, 0.05) is 11.6 Å². The molecule has 0 aliphatic heterocycles. The zero-order valence-electron chi connectivity index (χ0n) is 6.99. The van der Waals surface area contributed by atoms with Crippen LogP contribution in [-0.4, -0.2) is 13.4 Å². The zero-order valence-corrected chi connectivity index (χ0v) is 8.70. The summed E-state index contributed by atoms with van der Waals surface area (Å²) < 4.78 is 33.7. The molecule has 0 amide bonds. The molecule has 1 rings (SSSR count). The molecule has 0 aliphatic carbocycles. The SMILES string of the molecule is NC(=S)c1cc(F)[c]cc1C[SH](=O)=O. The Morgan fingerprint density at radius 3 is 2.79 bits per heavy atom. The molecule has 14 heavy (non-hydrogen) atoms. The van der Waals surface area contributed by atoms with Gasteiger partial charge in [0.2, 0.25) is 0 Å². The number of benzene rings is 1. The maximum Gasteiger partial charge on any atom is 0.144 e. The Morgan fingerprint density at radius 2 is 2.29 bits per heavy atom. The van der Waals surface area contributed by atoms with Crippen molar-refractivity contribution >= 4 is 27.9 Å². The van der Waals surface area contributed by atoms with E-state index in [4.69, 9.17) is 5.73 Å². The van der Waals surface area contributed by atoms with Crippen LogP contribution in [0.1, 0.15) is 11.1 Å². The van der Waals surface area contributed by atoms with Crippen molar-refractivity contribution < 1.29 is 12.8 Å². The van der Waals surface area contributed by atoms with Gasteiger partial charge in [-0.15, -0.1) is 0 Å². The summed E-state index contributed by atoms with van der Waals surface area (Å²) in [6.07, 6.45) is 0. The van der Waals surface area contributed by atoms with Crippen LogP contribution in [0.2, 0.25) is 0 Å². The molecule has 1 radical (unpaired) electrons. The normalized spacial score (nSPS) is 10.4. The van der Waals surface area contributed by atoms with Gasteiger partial charge in [-0.1, -0.05) is 12.2 Å². The predicted molar refractivity (Wildman–Crippen MR) is 55.1 cm³/mol. The van der Waals surface area contributed by atoms with Crippen molar-refractivity contribution in [2.75, 3.05) is 0 Å². The van der Waals surface area contributed by atoms with Crippen LogP contribution in [0.15, 0.2) is 12.1 Å². The minimum absolute atomic E-state index is 0.0234. The van der Waals surface area contributed by atoms with Gasteiger partial charge in [-0.3, -0.25) is 0 Å². The molecule has 0 spiro atoms. The summed E-state index contributed by atoms with van der Waals surface area (Å²) in [6.45, 7) is 0. The first kappa shape index (κ1) is 11.1. The first-order valence-electron chi connectivity index (χ1n) is 3.62. The van der Waals surface area contributed by atoms with Gasteiger partial charge >= 0.3 is 0 Å². The van der Waals surface area contributed by atoms with Gasteiger partial charge in [0.05, 0.1) is 5.75 Å². The maximum absolute atomic E-state index is 12.7. The highest BCUT2D eigenvalue weighted by Crippen LogP contribution is 2.11. The van der Waals surface area contributed by atoms with E-state index in [0.29, 0.717) is 5.56 Å². The van der Waals surface area contributed by atoms with Crippen LogP contribution < -0.4 is 5.73 Å². The molecule has 0 aromatic heterocycles. The fourth-order valence-electron chi connectivity index (χ4n) is 0.994. The fraction of sp³-hybridized carbons (Fsp3) is 0.125. The maximum atomic E-state index is 12.7. The van der Waals surface area contributed by atoms with Crippen molar-refractivity contribution in [2.24, 2.45) is 5.73 Å². The molecule has 1 aromatic carbocycles. The summed E-state index contributed by atoms with van der Waals surface area (Å²) in [4.78, 5) is -0.0234. The van der Waals surface area contributed by atoms with E-state index in [2.05, 4.69) is 18.3 Å². The number of thiocarbonyl (C=S) groups is 1. The van der Waals surface area contributed by atoms with Crippen LogP contribution in [0.3, 0.4) is 0 Å². The van der Waals surface area contributed by atoms with Gasteiger partial charge in [-0.05, 0) is 17.7 Å². The Labute approximate surface area is 87.7 Å². The summed E-state index contributed by atoms with van der Waals surface area (Å²) in [5.41, 5.74) is 5.93. The Hall–Kier alpha value is -1.01. The van der Waals surface area contributed by atoms with Crippen LogP contribution in [0.4, 0.5) is 4.39 Å². The molecular formula is C8H7FNO2S2. The third kappa shape index (κ3) is 2.74. The van der Waals surface area contributed by atoms with Crippen molar-refractivity contribution in [3.05, 3.63) is 35.1 Å². The Bertz CT molecular complexity index is 435. The van der Waals surface area contributed by atoms with E-state index in [1.807, 2.05) is 0 Å². The number of halogens is 1. The Balaban J connectivity index is 3.21. The standard InChI is InChI=1S/C8H7FNO2S2/c9-6-2-1-5(4-14(11)12)7(3-6)8(10)13/h1,3,14H,4H2,(H2,10,13). The van der Waals surface area contributed by atoms with Gasteiger partial charge in [0.25, 0.3) is 0 Å². The lowest BCUT2D eigenvalue weighted by Crippen LogP contribution is -2.13. The second-order valence-electron chi connectivity index (χ2n) is 2.57. The van der Waals surface area contributed by atoms with E-state index >= 15 is 0 Å². The third-order valence-corrected chi connectivity index (χ3v) is 2.39. The second-order valence-corrected chi connectivity index (χ2v) is 4.00. The summed E-state index contributed by atoms with van der Waals surface area (Å²) in [7, 11) is -2.58. The van der Waals surface area contributed by atoms with Gasteiger partial charge < -0.3 is 5.73 Å². The molecule has 0 atom stereocenters. The highest BCUT2D eigenvalue weighted by molar-refractivity contribution is 7.80. The molecule has 6 heteroatoms. The summed E-state index contributed by atoms with van der Waals surface area (Å²) in [6, 6.07) is 4.58. The lowest BCUT2D eigenvalue weighted by atomic mass is 10.1. The van der Waals surface area contributed by atoms with Crippen LogP contribution in [-0.2, 0) is 16.5 Å². The average Bonchev–Trinajstić information content (AvgIpc) is 2.07. The number of nitrogens with two attached hydrogens (primary N) is 1. The van der Waals surface area contributed by atoms with Crippen molar-refractivity contribution in [1.82, 2.24) is 0 Å². The lowest BCUT2D eigenvalue weighted by molar-refractivity contribution is 0.612. The van der Waals surface area contributed by atoms with Crippen LogP contribution in [0.5, 0.6) is 0 Å². The average molecular weight is 232 g/mol. The van der Waals surface area contributed by atoms with E-state index in [-0.39, 0.29) is 16.3 Å². The zero-order chi connectivity index (χ0) is 10.7. The molecule has 2 N–H and O–H groups in total. The van der Waals surface area contributed by atoms with E-state index in [1.165, 1.54) is 6.07 Å². The predicted octanol–water partition coefficient (Wildman–Crippen LogP) is 0.371. The molecule has 0 saturated carbocycles. The van der Waals surface area contributed by atoms with Crippen molar-refractivity contribution in [3.8, 4) is 0 Å². The van der Waals surface area contributed by atoms with E-state index in [0.717, 1.165) is 6.07 Å². The minimum Gasteiger partial charge on any atom is -0.389 e. The molecular weight excluding hydrogens is 225 g/mol. The second kappa shape index (κ2) is 4.47. The van der Waals surface area contributed by atoms with E-state index in [1.54, 1.807) is 0 Å². The van der Waals surface area contributed by atoms with Crippen LogP contribution >= 0.6 is 12.2 Å². The molecule has 1 aromatic rings. The summed E-state index contributed by atoms with van der Waals surface area (Å²) >= 11 is 4.66. The molecule has 75 valence electrons. The molecule has 0 heterocycles. The number of hydrogen-bond donors (Lipinski definition) is 2. The number of hydrogen-bond acceptors (Lipinski definition) is 3. The smallest absolute Gasteiger partial charge is 0.144 e. The monoisotopic (exact) mass is 232 g/mol. The molecule has 0 fully saturated rings. The highest BCUT2D eigenvalue weighted by atomic mass is 32.2. The number of rotatable bonds is 3. The highest BCUT2D eigenvalue weighted by Gasteiger charge is 2.07. The Morgan fingerprint density at radius 1 is 1.64 bits per heavy atom. The molecule has 0 bridgehead atoms. The van der Waals surface area contributed by atoms with Gasteiger partial charge in [-0.2, -0.15) is 0 Å².